The predicted molar refractivity (Wildman–Crippen MR) is 82.8 cm³/mol. The van der Waals surface area contributed by atoms with Gasteiger partial charge in [-0.05, 0) is 42.0 Å². The molecule has 5 nitrogen and oxygen atoms in total. The van der Waals surface area contributed by atoms with E-state index in [1.54, 1.807) is 13.1 Å². The number of ether oxygens (including phenoxy) is 1. The largest absolute Gasteiger partial charge is 0.480 e. The number of hydrogen-bond donors (Lipinski definition) is 1. The second kappa shape index (κ2) is 6.92. The molecule has 1 atom stereocenters. The molecule has 22 heavy (non-hydrogen) atoms. The van der Waals surface area contributed by atoms with Gasteiger partial charge < -0.3 is 14.7 Å². The Labute approximate surface area is 130 Å². The van der Waals surface area contributed by atoms with Crippen molar-refractivity contribution in [2.75, 3.05) is 13.7 Å². The van der Waals surface area contributed by atoms with Crippen molar-refractivity contribution < 1.29 is 19.4 Å². The summed E-state index contributed by atoms with van der Waals surface area (Å²) in [6.07, 6.45) is 1.23. The average molecular weight is 305 g/mol. The zero-order valence-electron chi connectivity index (χ0n) is 13.3. The number of benzene rings is 1. The zero-order valence-corrected chi connectivity index (χ0v) is 13.3. The van der Waals surface area contributed by atoms with Gasteiger partial charge in [0.25, 0.3) is 5.91 Å². The summed E-state index contributed by atoms with van der Waals surface area (Å²) in [7, 11) is 1.56. The molecule has 1 unspecified atom stereocenters. The average Bonchev–Trinajstić information content (AvgIpc) is 2.50. The Balaban J connectivity index is 2.20. The Hall–Kier alpha value is -1.88. The molecule has 1 aliphatic rings. The smallest absolute Gasteiger partial charge is 0.326 e. The van der Waals surface area contributed by atoms with Crippen LogP contribution in [0.1, 0.15) is 41.8 Å². The minimum Gasteiger partial charge on any atom is -0.480 e. The summed E-state index contributed by atoms with van der Waals surface area (Å²) in [6, 6.07) is 4.71. The third-order valence-electron chi connectivity index (χ3n) is 3.99. The van der Waals surface area contributed by atoms with Crippen molar-refractivity contribution in [1.29, 1.82) is 0 Å². The highest BCUT2D eigenvalue weighted by Gasteiger charge is 2.28. The van der Waals surface area contributed by atoms with Crippen molar-refractivity contribution in [2.24, 2.45) is 5.92 Å². The molecule has 120 valence electrons. The first kappa shape index (κ1) is 16.5. The van der Waals surface area contributed by atoms with Gasteiger partial charge in [0.1, 0.15) is 6.04 Å². The number of fused-ring (bicyclic) bond motifs is 1. The molecule has 1 aromatic carbocycles. The quantitative estimate of drug-likeness (QED) is 0.906. The highest BCUT2D eigenvalue weighted by Crippen LogP contribution is 2.20. The molecule has 5 heteroatoms. The molecule has 0 bridgehead atoms. The van der Waals surface area contributed by atoms with Crippen LogP contribution in [0.15, 0.2) is 18.2 Å². The van der Waals surface area contributed by atoms with E-state index in [0.29, 0.717) is 25.2 Å². The fraction of sp³-hybridized carbons (Fsp3) is 0.529. The molecule has 2 rings (SSSR count). The molecule has 1 aliphatic heterocycles. The zero-order chi connectivity index (χ0) is 16.3. The van der Waals surface area contributed by atoms with Gasteiger partial charge in [0.15, 0.2) is 0 Å². The van der Waals surface area contributed by atoms with Crippen LogP contribution >= 0.6 is 0 Å². The number of likely N-dealkylation sites (N-methyl/N-ethyl adjacent to an activating group) is 1. The highest BCUT2D eigenvalue weighted by molar-refractivity contribution is 5.96. The summed E-state index contributed by atoms with van der Waals surface area (Å²) in [5.41, 5.74) is 2.75. The lowest BCUT2D eigenvalue weighted by Crippen LogP contribution is -2.43. The monoisotopic (exact) mass is 305 g/mol. The number of nitrogens with zero attached hydrogens (tertiary/aromatic N) is 1. The van der Waals surface area contributed by atoms with E-state index >= 15 is 0 Å². The van der Waals surface area contributed by atoms with E-state index in [0.717, 1.165) is 17.5 Å². The summed E-state index contributed by atoms with van der Waals surface area (Å²) >= 11 is 0. The van der Waals surface area contributed by atoms with Crippen molar-refractivity contribution >= 4 is 11.9 Å². The topological polar surface area (TPSA) is 66.8 Å². The van der Waals surface area contributed by atoms with Gasteiger partial charge in [-0.1, -0.05) is 19.9 Å². The standard InChI is InChI=1S/C17H23NO4/c1-11(2)8-15(17(20)21)18(3)16(19)13-4-5-14-10-22-7-6-12(14)9-13/h4-5,9,11,15H,6-8,10H2,1-3H3,(H,20,21). The third-order valence-corrected chi connectivity index (χ3v) is 3.99. The van der Waals surface area contributed by atoms with Crippen LogP contribution in [0.4, 0.5) is 0 Å². The maximum Gasteiger partial charge on any atom is 0.326 e. The minimum absolute atomic E-state index is 0.206. The fourth-order valence-corrected chi connectivity index (χ4v) is 2.71. The first-order valence-corrected chi connectivity index (χ1v) is 7.59. The number of hydrogen-bond acceptors (Lipinski definition) is 3. The van der Waals surface area contributed by atoms with Gasteiger partial charge in [-0.25, -0.2) is 4.79 Å². The molecule has 0 saturated heterocycles. The molecule has 0 saturated carbocycles. The molecular weight excluding hydrogens is 282 g/mol. The number of amides is 1. The van der Waals surface area contributed by atoms with Gasteiger partial charge in [-0.3, -0.25) is 4.79 Å². The number of carbonyl (C=O) groups is 2. The van der Waals surface area contributed by atoms with E-state index in [9.17, 15) is 14.7 Å². The normalized spacial score (nSPS) is 15.3. The van der Waals surface area contributed by atoms with Gasteiger partial charge >= 0.3 is 5.97 Å². The van der Waals surface area contributed by atoms with Gasteiger partial charge in [-0.15, -0.1) is 0 Å². The minimum atomic E-state index is -0.962. The summed E-state index contributed by atoms with van der Waals surface area (Å²) in [6.45, 7) is 5.14. The third kappa shape index (κ3) is 3.65. The second-order valence-electron chi connectivity index (χ2n) is 6.19. The Morgan fingerprint density at radius 3 is 2.68 bits per heavy atom. The second-order valence-corrected chi connectivity index (χ2v) is 6.19. The van der Waals surface area contributed by atoms with E-state index < -0.39 is 12.0 Å². The molecule has 1 aromatic rings. The van der Waals surface area contributed by atoms with Gasteiger partial charge in [-0.2, -0.15) is 0 Å². The van der Waals surface area contributed by atoms with Crippen molar-refractivity contribution in [2.45, 2.75) is 39.3 Å². The summed E-state index contributed by atoms with van der Waals surface area (Å²) in [5, 5.41) is 9.37. The van der Waals surface area contributed by atoms with Crippen LogP contribution in [0.2, 0.25) is 0 Å². The first-order valence-electron chi connectivity index (χ1n) is 7.59. The van der Waals surface area contributed by atoms with E-state index in [4.69, 9.17) is 4.74 Å². The summed E-state index contributed by atoms with van der Waals surface area (Å²) in [5.74, 6) is -1.00. The molecule has 0 aromatic heterocycles. The Morgan fingerprint density at radius 1 is 1.32 bits per heavy atom. The number of carboxylic acid groups (broad SMARTS) is 1. The SMILES string of the molecule is CC(C)CC(C(=O)O)N(C)C(=O)c1ccc2c(c1)CCOC2. The number of carbonyl (C=O) groups excluding carboxylic acids is 1. The molecule has 0 radical (unpaired) electrons. The molecule has 1 N–H and O–H groups in total. The van der Waals surface area contributed by atoms with Crippen LogP contribution in [0.5, 0.6) is 0 Å². The molecule has 0 aliphatic carbocycles. The summed E-state index contributed by atoms with van der Waals surface area (Å²) in [4.78, 5) is 25.4. The van der Waals surface area contributed by atoms with Crippen molar-refractivity contribution in [3.63, 3.8) is 0 Å². The number of rotatable bonds is 5. The van der Waals surface area contributed by atoms with Crippen LogP contribution in [-0.2, 0) is 22.6 Å². The van der Waals surface area contributed by atoms with Crippen LogP contribution in [0, 0.1) is 5.92 Å². The molecule has 0 fully saturated rings. The van der Waals surface area contributed by atoms with Crippen molar-refractivity contribution in [1.82, 2.24) is 4.90 Å². The number of aliphatic carboxylic acids is 1. The van der Waals surface area contributed by atoms with Gasteiger partial charge in [0.2, 0.25) is 0 Å². The maximum absolute atomic E-state index is 12.6. The van der Waals surface area contributed by atoms with Gasteiger partial charge in [0, 0.05) is 12.6 Å². The van der Waals surface area contributed by atoms with Crippen LogP contribution < -0.4 is 0 Å². The number of carboxylic acids is 1. The molecule has 1 amide bonds. The molecule has 1 heterocycles. The molecule has 0 spiro atoms. The predicted octanol–water partition coefficient (Wildman–Crippen LogP) is 2.33. The summed E-state index contributed by atoms with van der Waals surface area (Å²) < 4.78 is 5.38. The first-order chi connectivity index (χ1) is 10.4. The molecular formula is C17H23NO4. The van der Waals surface area contributed by atoms with Crippen LogP contribution in [0.3, 0.4) is 0 Å². The lowest BCUT2D eigenvalue weighted by atomic mass is 9.98. The Morgan fingerprint density at radius 2 is 2.05 bits per heavy atom. The van der Waals surface area contributed by atoms with Crippen molar-refractivity contribution in [3.05, 3.63) is 34.9 Å². The van der Waals surface area contributed by atoms with E-state index in [-0.39, 0.29) is 11.8 Å². The van der Waals surface area contributed by atoms with E-state index in [2.05, 4.69) is 0 Å². The van der Waals surface area contributed by atoms with E-state index in [1.165, 1.54) is 4.90 Å². The van der Waals surface area contributed by atoms with Gasteiger partial charge in [0.05, 0.1) is 13.2 Å². The fourth-order valence-electron chi connectivity index (χ4n) is 2.71. The van der Waals surface area contributed by atoms with E-state index in [1.807, 2.05) is 26.0 Å². The van der Waals surface area contributed by atoms with Crippen LogP contribution in [0.25, 0.3) is 0 Å². The lowest BCUT2D eigenvalue weighted by Gasteiger charge is -2.27. The highest BCUT2D eigenvalue weighted by atomic mass is 16.5. The Bertz CT molecular complexity index is 568. The maximum atomic E-state index is 12.6. The lowest BCUT2D eigenvalue weighted by molar-refractivity contribution is -0.142. The Kier molecular flexibility index (Phi) is 5.19. The van der Waals surface area contributed by atoms with Crippen molar-refractivity contribution in [3.8, 4) is 0 Å². The van der Waals surface area contributed by atoms with Crippen LogP contribution in [-0.4, -0.2) is 41.6 Å².